The van der Waals surface area contributed by atoms with Crippen LogP contribution in [0.5, 0.6) is 0 Å². The molecule has 3 aromatic heterocycles. The van der Waals surface area contributed by atoms with Gasteiger partial charge in [-0.05, 0) is 6.92 Å². The Labute approximate surface area is 107 Å². The highest BCUT2D eigenvalue weighted by molar-refractivity contribution is 5.94. The molecule has 0 unspecified atom stereocenters. The van der Waals surface area contributed by atoms with Crippen LogP contribution in [0.15, 0.2) is 18.7 Å². The number of aryl methyl sites for hydroxylation is 1. The molecule has 0 aliphatic heterocycles. The molecule has 3 aromatic rings. The third kappa shape index (κ3) is 1.57. The van der Waals surface area contributed by atoms with E-state index in [9.17, 15) is 4.79 Å². The molecule has 19 heavy (non-hydrogen) atoms. The van der Waals surface area contributed by atoms with Gasteiger partial charge in [0.2, 0.25) is 11.9 Å². The van der Waals surface area contributed by atoms with E-state index in [1.165, 1.54) is 17.2 Å². The molecule has 0 atom stereocenters. The van der Waals surface area contributed by atoms with Crippen LogP contribution in [0, 0.1) is 0 Å². The number of fused-ring (bicyclic) bond motifs is 1. The quantitative estimate of drug-likeness (QED) is 0.682. The van der Waals surface area contributed by atoms with E-state index < -0.39 is 0 Å². The van der Waals surface area contributed by atoms with Crippen molar-refractivity contribution in [1.29, 1.82) is 0 Å². The topological polar surface area (TPSA) is 105 Å². The third-order valence-electron chi connectivity index (χ3n) is 2.87. The average Bonchev–Trinajstić information content (AvgIpc) is 3.00. The first-order valence-electron chi connectivity index (χ1n) is 5.71. The number of nitrogen functional groups attached to an aromatic ring is 1. The fraction of sp³-hybridized carbons (Fsp3) is 0.182. The summed E-state index contributed by atoms with van der Waals surface area (Å²) >= 11 is 0. The van der Waals surface area contributed by atoms with E-state index in [0.29, 0.717) is 23.6 Å². The highest BCUT2D eigenvalue weighted by Crippen LogP contribution is 2.21. The Morgan fingerprint density at radius 1 is 1.42 bits per heavy atom. The van der Waals surface area contributed by atoms with Crippen molar-refractivity contribution in [3.05, 3.63) is 24.3 Å². The summed E-state index contributed by atoms with van der Waals surface area (Å²) in [7, 11) is 0. The zero-order valence-electron chi connectivity index (χ0n) is 10.2. The number of nitrogens with two attached hydrogens (primary N) is 1. The summed E-state index contributed by atoms with van der Waals surface area (Å²) in [6, 6.07) is 0. The number of anilines is 1. The second kappa shape index (κ2) is 4.16. The van der Waals surface area contributed by atoms with Gasteiger partial charge in [0.25, 0.3) is 0 Å². The van der Waals surface area contributed by atoms with Gasteiger partial charge in [-0.25, -0.2) is 4.98 Å². The maximum atomic E-state index is 11.1. The summed E-state index contributed by atoms with van der Waals surface area (Å²) in [5.74, 6) is 0.759. The van der Waals surface area contributed by atoms with E-state index >= 15 is 0 Å². The highest BCUT2D eigenvalue weighted by atomic mass is 16.1. The lowest BCUT2D eigenvalue weighted by Gasteiger charge is -2.06. The lowest BCUT2D eigenvalue weighted by atomic mass is 10.2. The number of pyridine rings is 1. The van der Waals surface area contributed by atoms with Gasteiger partial charge < -0.3 is 10.3 Å². The fourth-order valence-electron chi connectivity index (χ4n) is 2.05. The van der Waals surface area contributed by atoms with Gasteiger partial charge in [0.15, 0.2) is 6.29 Å². The molecule has 3 rings (SSSR count). The monoisotopic (exact) mass is 257 g/mol. The molecule has 2 N–H and O–H groups in total. The average molecular weight is 257 g/mol. The molecule has 0 radical (unpaired) electrons. The first kappa shape index (κ1) is 11.3. The number of aromatic nitrogens is 6. The van der Waals surface area contributed by atoms with Gasteiger partial charge >= 0.3 is 0 Å². The van der Waals surface area contributed by atoms with E-state index in [2.05, 4.69) is 20.1 Å². The Morgan fingerprint density at radius 3 is 2.89 bits per heavy atom. The van der Waals surface area contributed by atoms with Crippen molar-refractivity contribution in [2.24, 2.45) is 0 Å². The highest BCUT2D eigenvalue weighted by Gasteiger charge is 2.16. The number of aldehydes is 1. The zero-order chi connectivity index (χ0) is 13.4. The van der Waals surface area contributed by atoms with Gasteiger partial charge in [-0.3, -0.25) is 9.78 Å². The largest absolute Gasteiger partial charge is 0.368 e. The van der Waals surface area contributed by atoms with Crippen molar-refractivity contribution in [2.75, 3.05) is 5.73 Å². The smallest absolute Gasteiger partial charge is 0.235 e. The number of hydrogen-bond acceptors (Lipinski definition) is 6. The number of carbonyl (C=O) groups excluding carboxylic acids is 1. The minimum atomic E-state index is 0.241. The molecule has 0 aliphatic carbocycles. The molecule has 8 nitrogen and oxygen atoms in total. The Hall–Kier alpha value is -2.77. The van der Waals surface area contributed by atoms with Crippen molar-refractivity contribution in [2.45, 2.75) is 13.5 Å². The normalized spacial score (nSPS) is 11.0. The van der Waals surface area contributed by atoms with Gasteiger partial charge in [0, 0.05) is 12.7 Å². The zero-order valence-corrected chi connectivity index (χ0v) is 10.2. The molecule has 0 fully saturated rings. The minimum absolute atomic E-state index is 0.241. The maximum Gasteiger partial charge on any atom is 0.235 e. The number of carbonyl (C=O) groups is 1. The van der Waals surface area contributed by atoms with Crippen LogP contribution in [-0.2, 0) is 6.54 Å². The standard InChI is InChI=1S/C11H11N7O/c1-2-17-9-7(5-19)3-13-4-8(9)16-11(17)18-10(12)14-6-15-18/h3-6H,2H2,1H3,(H2,12,14,15). The first-order valence-corrected chi connectivity index (χ1v) is 5.71. The van der Waals surface area contributed by atoms with Crippen molar-refractivity contribution in [3.63, 3.8) is 0 Å². The molecule has 0 saturated heterocycles. The van der Waals surface area contributed by atoms with E-state index in [1.54, 1.807) is 6.20 Å². The summed E-state index contributed by atoms with van der Waals surface area (Å²) < 4.78 is 3.28. The van der Waals surface area contributed by atoms with Crippen LogP contribution in [0.4, 0.5) is 5.95 Å². The Bertz CT molecular complexity index is 758. The van der Waals surface area contributed by atoms with E-state index in [-0.39, 0.29) is 5.95 Å². The number of hydrogen-bond donors (Lipinski definition) is 1. The van der Waals surface area contributed by atoms with Crippen LogP contribution >= 0.6 is 0 Å². The summed E-state index contributed by atoms with van der Waals surface area (Å²) in [6.45, 7) is 2.57. The summed E-state index contributed by atoms with van der Waals surface area (Å²) in [6.07, 6.45) is 5.23. The molecule has 0 aromatic carbocycles. The lowest BCUT2D eigenvalue weighted by molar-refractivity contribution is 0.112. The third-order valence-corrected chi connectivity index (χ3v) is 2.87. The van der Waals surface area contributed by atoms with Gasteiger partial charge in [-0.2, -0.15) is 14.8 Å². The van der Waals surface area contributed by atoms with Crippen LogP contribution in [0.25, 0.3) is 17.0 Å². The SMILES string of the molecule is CCn1c(-n2ncnc2N)nc2cncc(C=O)c21. The molecule has 0 amide bonds. The molecular weight excluding hydrogens is 246 g/mol. The number of rotatable bonds is 3. The molecule has 96 valence electrons. The predicted molar refractivity (Wildman–Crippen MR) is 67.9 cm³/mol. The summed E-state index contributed by atoms with van der Waals surface area (Å²) in [5.41, 5.74) is 7.56. The number of imidazole rings is 1. The van der Waals surface area contributed by atoms with Crippen LogP contribution in [0.3, 0.4) is 0 Å². The fourth-order valence-corrected chi connectivity index (χ4v) is 2.05. The maximum absolute atomic E-state index is 11.1. The van der Waals surface area contributed by atoms with E-state index in [1.807, 2.05) is 11.5 Å². The molecule has 8 heteroatoms. The van der Waals surface area contributed by atoms with Crippen molar-refractivity contribution >= 4 is 23.3 Å². The second-order valence-electron chi connectivity index (χ2n) is 3.90. The summed E-state index contributed by atoms with van der Waals surface area (Å²) in [4.78, 5) is 23.4. The van der Waals surface area contributed by atoms with E-state index in [0.717, 1.165) is 11.8 Å². The molecule has 0 bridgehead atoms. The Balaban J connectivity index is 2.38. The van der Waals surface area contributed by atoms with Crippen molar-refractivity contribution < 1.29 is 4.79 Å². The molecule has 3 heterocycles. The van der Waals surface area contributed by atoms with Crippen LogP contribution in [0.1, 0.15) is 17.3 Å². The van der Waals surface area contributed by atoms with Crippen LogP contribution in [-0.4, -0.2) is 35.6 Å². The number of nitrogens with zero attached hydrogens (tertiary/aromatic N) is 6. The van der Waals surface area contributed by atoms with Crippen molar-refractivity contribution in [3.8, 4) is 5.95 Å². The Kier molecular flexibility index (Phi) is 2.48. The van der Waals surface area contributed by atoms with Gasteiger partial charge in [0.05, 0.1) is 17.3 Å². The molecule has 0 spiro atoms. The van der Waals surface area contributed by atoms with E-state index in [4.69, 9.17) is 5.73 Å². The van der Waals surface area contributed by atoms with Gasteiger partial charge in [-0.15, -0.1) is 0 Å². The van der Waals surface area contributed by atoms with Crippen LogP contribution < -0.4 is 5.73 Å². The molecular formula is C11H11N7O. The second-order valence-corrected chi connectivity index (χ2v) is 3.90. The van der Waals surface area contributed by atoms with Gasteiger partial charge in [0.1, 0.15) is 11.8 Å². The molecule has 0 saturated carbocycles. The van der Waals surface area contributed by atoms with Crippen molar-refractivity contribution in [1.82, 2.24) is 29.3 Å². The van der Waals surface area contributed by atoms with Crippen LogP contribution in [0.2, 0.25) is 0 Å². The minimum Gasteiger partial charge on any atom is -0.368 e. The lowest BCUT2D eigenvalue weighted by Crippen LogP contribution is -2.10. The summed E-state index contributed by atoms with van der Waals surface area (Å²) in [5, 5.41) is 4.03. The Morgan fingerprint density at radius 2 is 2.26 bits per heavy atom. The predicted octanol–water partition coefficient (Wildman–Crippen LogP) is 0.427. The first-order chi connectivity index (χ1) is 9.26. The molecule has 0 aliphatic rings. The van der Waals surface area contributed by atoms with Gasteiger partial charge in [-0.1, -0.05) is 0 Å².